The van der Waals surface area contributed by atoms with Crippen LogP contribution in [0.3, 0.4) is 0 Å². The summed E-state index contributed by atoms with van der Waals surface area (Å²) in [6, 6.07) is 7.77. The zero-order chi connectivity index (χ0) is 15.0. The molecule has 0 aliphatic heterocycles. The average Bonchev–Trinajstić information content (AvgIpc) is 2.79. The molecule has 0 radical (unpaired) electrons. The summed E-state index contributed by atoms with van der Waals surface area (Å²) in [5.74, 6) is 1.20. The minimum absolute atomic E-state index is 0.378. The third-order valence-corrected chi connectivity index (χ3v) is 3.39. The number of aromatic nitrogens is 5. The van der Waals surface area contributed by atoms with E-state index >= 15 is 0 Å². The summed E-state index contributed by atoms with van der Waals surface area (Å²) >= 11 is 5.01. The van der Waals surface area contributed by atoms with E-state index in [-0.39, 0.29) is 0 Å². The smallest absolute Gasteiger partial charge is 0.255 e. The second kappa shape index (κ2) is 5.17. The maximum Gasteiger partial charge on any atom is 0.255 e. The monoisotopic (exact) mass is 298 g/mol. The molecule has 3 aromatic rings. The van der Waals surface area contributed by atoms with Crippen LogP contribution >= 0.6 is 12.2 Å². The van der Waals surface area contributed by atoms with E-state index in [1.807, 2.05) is 42.7 Å². The van der Waals surface area contributed by atoms with E-state index in [9.17, 15) is 0 Å². The van der Waals surface area contributed by atoms with Crippen LogP contribution in [0.1, 0.15) is 17.2 Å². The molecule has 106 valence electrons. The lowest BCUT2D eigenvalue weighted by molar-refractivity contribution is 0.802. The van der Waals surface area contributed by atoms with Gasteiger partial charge in [0, 0.05) is 0 Å². The van der Waals surface area contributed by atoms with Crippen molar-refractivity contribution in [3.8, 4) is 5.95 Å². The molecular formula is C14H14N6S. The summed E-state index contributed by atoms with van der Waals surface area (Å²) in [5, 5.41) is 8.31. The molecule has 2 aromatic heterocycles. The Balaban J connectivity index is 2.27. The molecule has 6 nitrogen and oxygen atoms in total. The minimum atomic E-state index is 0.378. The molecule has 0 amide bonds. The molecule has 21 heavy (non-hydrogen) atoms. The maximum atomic E-state index is 5.67. The highest BCUT2D eigenvalue weighted by atomic mass is 32.1. The number of fused-ring (bicyclic) bond motifs is 1. The number of para-hydroxylation sites is 2. The second-order valence-electron chi connectivity index (χ2n) is 4.78. The van der Waals surface area contributed by atoms with Gasteiger partial charge in [-0.1, -0.05) is 24.4 Å². The van der Waals surface area contributed by atoms with Crippen LogP contribution in [-0.4, -0.2) is 29.7 Å². The molecule has 0 bridgehead atoms. The van der Waals surface area contributed by atoms with Crippen molar-refractivity contribution in [3.05, 3.63) is 41.5 Å². The van der Waals surface area contributed by atoms with Gasteiger partial charge in [-0.15, -0.1) is 5.10 Å². The molecule has 0 saturated heterocycles. The first-order valence-electron chi connectivity index (χ1n) is 6.49. The number of nitrogens with zero attached hydrogens (tertiary/aromatic N) is 5. The van der Waals surface area contributed by atoms with E-state index in [1.165, 1.54) is 0 Å². The van der Waals surface area contributed by atoms with Crippen LogP contribution in [-0.2, 0) is 6.42 Å². The number of imidazole rings is 1. The van der Waals surface area contributed by atoms with E-state index in [4.69, 9.17) is 18.0 Å². The second-order valence-corrected chi connectivity index (χ2v) is 5.30. The lowest BCUT2D eigenvalue weighted by Gasteiger charge is -2.07. The third-order valence-electron chi connectivity index (χ3n) is 3.24. The van der Waals surface area contributed by atoms with E-state index in [0.29, 0.717) is 23.2 Å². The number of thiocarbonyl (C=S) groups is 1. The lowest BCUT2D eigenvalue weighted by Crippen LogP contribution is -2.16. The van der Waals surface area contributed by atoms with Crippen LogP contribution in [0.2, 0.25) is 0 Å². The molecule has 1 aromatic carbocycles. The topological polar surface area (TPSA) is 82.5 Å². The summed E-state index contributed by atoms with van der Waals surface area (Å²) in [6.45, 7) is 3.78. The predicted molar refractivity (Wildman–Crippen MR) is 84.4 cm³/mol. The number of aryl methyl sites for hydroxylation is 2. The number of hydrogen-bond donors (Lipinski definition) is 1. The molecule has 0 unspecified atom stereocenters. The van der Waals surface area contributed by atoms with Crippen LogP contribution in [0.5, 0.6) is 0 Å². The van der Waals surface area contributed by atoms with Gasteiger partial charge >= 0.3 is 0 Å². The Morgan fingerprint density at radius 3 is 2.62 bits per heavy atom. The van der Waals surface area contributed by atoms with Gasteiger partial charge in [0.1, 0.15) is 5.82 Å². The van der Waals surface area contributed by atoms with Gasteiger partial charge in [0.05, 0.1) is 33.8 Å². The largest absolute Gasteiger partial charge is 0.393 e. The van der Waals surface area contributed by atoms with Crippen LogP contribution in [0.25, 0.3) is 17.0 Å². The molecule has 0 aliphatic rings. The Hall–Kier alpha value is -2.41. The summed E-state index contributed by atoms with van der Waals surface area (Å²) in [6.07, 6.45) is 0.389. The van der Waals surface area contributed by atoms with Gasteiger partial charge in [0.15, 0.2) is 0 Å². The highest BCUT2D eigenvalue weighted by Gasteiger charge is 2.15. The highest BCUT2D eigenvalue weighted by Crippen LogP contribution is 2.19. The van der Waals surface area contributed by atoms with Gasteiger partial charge in [-0.3, -0.25) is 4.57 Å². The first-order valence-corrected chi connectivity index (χ1v) is 6.90. The van der Waals surface area contributed by atoms with Gasteiger partial charge in [0.2, 0.25) is 0 Å². The van der Waals surface area contributed by atoms with Crippen molar-refractivity contribution < 1.29 is 0 Å². The zero-order valence-electron chi connectivity index (χ0n) is 11.7. The summed E-state index contributed by atoms with van der Waals surface area (Å²) < 4.78 is 1.86. The zero-order valence-corrected chi connectivity index (χ0v) is 12.6. The Bertz CT molecular complexity index is 839. The fraction of sp³-hybridized carbons (Fsp3) is 0.214. The van der Waals surface area contributed by atoms with Crippen molar-refractivity contribution >= 4 is 28.2 Å². The summed E-state index contributed by atoms with van der Waals surface area (Å²) in [4.78, 5) is 9.45. The quantitative estimate of drug-likeness (QED) is 0.740. The van der Waals surface area contributed by atoms with Crippen molar-refractivity contribution in [1.82, 2.24) is 24.7 Å². The van der Waals surface area contributed by atoms with Gasteiger partial charge < -0.3 is 5.73 Å². The van der Waals surface area contributed by atoms with Crippen molar-refractivity contribution in [2.24, 2.45) is 5.73 Å². The lowest BCUT2D eigenvalue weighted by atomic mass is 10.3. The van der Waals surface area contributed by atoms with Crippen molar-refractivity contribution in [2.75, 3.05) is 0 Å². The summed E-state index contributed by atoms with van der Waals surface area (Å²) in [5.41, 5.74) is 9.07. The first kappa shape index (κ1) is 13.6. The fourth-order valence-corrected chi connectivity index (χ4v) is 2.24. The van der Waals surface area contributed by atoms with E-state index < -0.39 is 0 Å². The Labute approximate surface area is 127 Å². The number of hydrogen-bond acceptors (Lipinski definition) is 5. The fourth-order valence-electron chi connectivity index (χ4n) is 2.11. The number of rotatable bonds is 3. The Morgan fingerprint density at radius 2 is 1.90 bits per heavy atom. The molecular weight excluding hydrogens is 284 g/mol. The van der Waals surface area contributed by atoms with Gasteiger partial charge in [-0.25, -0.2) is 9.97 Å². The average molecular weight is 298 g/mol. The van der Waals surface area contributed by atoms with Crippen LogP contribution in [0.15, 0.2) is 24.3 Å². The van der Waals surface area contributed by atoms with E-state index in [0.717, 1.165) is 22.4 Å². The summed E-state index contributed by atoms with van der Waals surface area (Å²) in [7, 11) is 0. The Kier molecular flexibility index (Phi) is 3.34. The number of benzene rings is 1. The molecule has 0 saturated carbocycles. The van der Waals surface area contributed by atoms with Crippen LogP contribution < -0.4 is 5.73 Å². The number of nitrogens with two attached hydrogens (primary N) is 1. The predicted octanol–water partition coefficient (Wildman–Crippen LogP) is 1.66. The normalized spacial score (nSPS) is 11.0. The third kappa shape index (κ3) is 2.47. The van der Waals surface area contributed by atoms with Crippen LogP contribution in [0, 0.1) is 13.8 Å². The first-order chi connectivity index (χ1) is 10.1. The molecule has 2 N–H and O–H groups in total. The maximum absolute atomic E-state index is 5.67. The minimum Gasteiger partial charge on any atom is -0.393 e. The van der Waals surface area contributed by atoms with E-state index in [1.54, 1.807) is 0 Å². The van der Waals surface area contributed by atoms with Gasteiger partial charge in [-0.2, -0.15) is 5.10 Å². The van der Waals surface area contributed by atoms with Crippen molar-refractivity contribution in [2.45, 2.75) is 20.3 Å². The Morgan fingerprint density at radius 1 is 1.14 bits per heavy atom. The molecule has 0 fully saturated rings. The van der Waals surface area contributed by atoms with Gasteiger partial charge in [0.25, 0.3) is 5.95 Å². The van der Waals surface area contributed by atoms with E-state index in [2.05, 4.69) is 20.2 Å². The molecule has 2 heterocycles. The molecule has 3 rings (SSSR count). The highest BCUT2D eigenvalue weighted by molar-refractivity contribution is 7.80. The SMILES string of the molecule is Cc1nnc(-n2c(CC(N)=S)nc3ccccc32)nc1C. The van der Waals surface area contributed by atoms with Crippen molar-refractivity contribution in [3.63, 3.8) is 0 Å². The standard InChI is InChI=1S/C14H14N6S/c1-8-9(2)18-19-14(16-8)20-11-6-4-3-5-10(11)17-13(20)7-12(15)21/h3-6H,7H2,1-2H3,(H2,15,21). The molecule has 0 spiro atoms. The van der Waals surface area contributed by atoms with Gasteiger partial charge in [-0.05, 0) is 26.0 Å². The molecule has 0 atom stereocenters. The molecule has 7 heteroatoms. The van der Waals surface area contributed by atoms with Crippen molar-refractivity contribution in [1.29, 1.82) is 0 Å². The van der Waals surface area contributed by atoms with Crippen LogP contribution in [0.4, 0.5) is 0 Å². The molecule has 0 aliphatic carbocycles.